The molecule has 152 valence electrons. The molecule has 0 radical (unpaired) electrons. The van der Waals surface area contributed by atoms with Crippen molar-refractivity contribution in [3.63, 3.8) is 0 Å². The van der Waals surface area contributed by atoms with E-state index in [9.17, 15) is 9.70 Å². The molecule has 0 saturated carbocycles. The number of benzene rings is 1. The summed E-state index contributed by atoms with van der Waals surface area (Å²) in [5.74, 6) is 7.28. The second kappa shape index (κ2) is 8.11. The molecule has 6 nitrogen and oxygen atoms in total. The Morgan fingerprint density at radius 1 is 1.13 bits per heavy atom. The first-order chi connectivity index (χ1) is 14.5. The number of β-lactam (4-membered cyclic amide) rings is 1. The molecule has 0 unspecified atom stereocenters. The van der Waals surface area contributed by atoms with Gasteiger partial charge >= 0.3 is 5.82 Å². The number of hydrogen-bond acceptors (Lipinski definition) is 4. The van der Waals surface area contributed by atoms with Gasteiger partial charge in [-0.15, -0.1) is 4.91 Å². The molecule has 0 spiro atoms. The molecule has 30 heavy (non-hydrogen) atoms. The quantitative estimate of drug-likeness (QED) is 0.446. The van der Waals surface area contributed by atoms with Crippen molar-refractivity contribution in [1.29, 1.82) is 0 Å². The smallest absolute Gasteiger partial charge is 0.304 e. The van der Waals surface area contributed by atoms with Crippen LogP contribution in [0.5, 0.6) is 0 Å². The minimum absolute atomic E-state index is 0.168. The molecule has 1 aromatic carbocycles. The van der Waals surface area contributed by atoms with Crippen LogP contribution >= 0.6 is 0 Å². The fourth-order valence-corrected chi connectivity index (χ4v) is 3.87. The van der Waals surface area contributed by atoms with Gasteiger partial charge in [0.05, 0.1) is 24.7 Å². The van der Waals surface area contributed by atoms with Gasteiger partial charge in [0.1, 0.15) is 0 Å². The van der Waals surface area contributed by atoms with E-state index in [-0.39, 0.29) is 11.3 Å². The van der Waals surface area contributed by atoms with Gasteiger partial charge in [-0.1, -0.05) is 17.4 Å². The lowest BCUT2D eigenvalue weighted by Crippen LogP contribution is -2.58. The summed E-state index contributed by atoms with van der Waals surface area (Å²) in [7, 11) is 0. The fourth-order valence-electron chi connectivity index (χ4n) is 3.87. The highest BCUT2D eigenvalue weighted by Gasteiger charge is 2.44. The predicted molar refractivity (Wildman–Crippen MR) is 117 cm³/mol. The summed E-state index contributed by atoms with van der Waals surface area (Å²) < 4.78 is 0. The lowest BCUT2D eigenvalue weighted by atomic mass is 9.82. The summed E-state index contributed by atoms with van der Waals surface area (Å²) in [6.07, 6.45) is 5.62. The minimum atomic E-state index is -0.246. The summed E-state index contributed by atoms with van der Waals surface area (Å²) in [4.78, 5) is 30.2. The molecule has 2 aliphatic heterocycles. The van der Waals surface area contributed by atoms with Crippen LogP contribution in [0.4, 0.5) is 17.2 Å². The van der Waals surface area contributed by atoms with E-state index in [0.29, 0.717) is 5.69 Å². The molecular weight excluding hydrogens is 376 g/mol. The van der Waals surface area contributed by atoms with Crippen molar-refractivity contribution in [3.05, 3.63) is 64.7 Å². The summed E-state index contributed by atoms with van der Waals surface area (Å²) in [5.41, 5.74) is 3.36. The van der Waals surface area contributed by atoms with Gasteiger partial charge in [0, 0.05) is 30.6 Å². The summed E-state index contributed by atoms with van der Waals surface area (Å²) in [6.45, 7) is 6.35. The Balaban J connectivity index is 1.35. The fraction of sp³-hybridized carbons (Fsp3) is 0.333. The number of rotatable bonds is 3. The monoisotopic (exact) mass is 401 g/mol. The van der Waals surface area contributed by atoms with Crippen molar-refractivity contribution >= 4 is 23.1 Å². The van der Waals surface area contributed by atoms with E-state index in [1.807, 2.05) is 55.3 Å². The summed E-state index contributed by atoms with van der Waals surface area (Å²) in [5, 5.41) is 3.10. The Labute approximate surface area is 176 Å². The van der Waals surface area contributed by atoms with E-state index in [4.69, 9.17) is 0 Å². The number of amides is 1. The standard InChI is InChI=1S/C24H24N4O2/c1-24(2)17-28(23(24)29)20-10-8-18(9-11-20)5-3-6-19-12-15-27(16-13-19)22-21(26-30)7-4-14-25-22/h4,6-11,14H,12-13,15-17H2,1-2H3/p+1. The second-order valence-corrected chi connectivity index (χ2v) is 8.38. The average Bonchev–Trinajstić information content (AvgIpc) is 2.78. The molecule has 1 amide bonds. The Hall–Kier alpha value is -3.46. The molecular formula is C24H25N4O2+. The zero-order valence-corrected chi connectivity index (χ0v) is 17.3. The average molecular weight is 401 g/mol. The van der Waals surface area contributed by atoms with Crippen LogP contribution in [0.1, 0.15) is 32.3 Å². The van der Waals surface area contributed by atoms with Gasteiger partial charge in [-0.3, -0.25) is 9.69 Å². The first-order valence-electron chi connectivity index (χ1n) is 10.2. The maximum atomic E-state index is 12.1. The van der Waals surface area contributed by atoms with Gasteiger partial charge in [0.15, 0.2) is 5.69 Å². The van der Waals surface area contributed by atoms with Crippen LogP contribution in [0.25, 0.3) is 0 Å². The van der Waals surface area contributed by atoms with Crippen LogP contribution in [0.3, 0.4) is 0 Å². The van der Waals surface area contributed by atoms with Gasteiger partial charge in [0.2, 0.25) is 5.91 Å². The number of nitrogens with zero attached hydrogens (tertiary/aromatic N) is 3. The topological polar surface area (TPSA) is 67.1 Å². The van der Waals surface area contributed by atoms with Crippen LogP contribution in [0.2, 0.25) is 0 Å². The number of H-pyrrole nitrogens is 1. The third-order valence-electron chi connectivity index (χ3n) is 5.68. The molecule has 1 N–H and O–H groups in total. The van der Waals surface area contributed by atoms with E-state index in [1.165, 1.54) is 5.57 Å². The normalized spacial score (nSPS) is 17.7. The van der Waals surface area contributed by atoms with Crippen LogP contribution in [-0.2, 0) is 4.79 Å². The van der Waals surface area contributed by atoms with Gasteiger partial charge in [-0.2, -0.15) is 0 Å². The Morgan fingerprint density at radius 3 is 2.50 bits per heavy atom. The van der Waals surface area contributed by atoms with Gasteiger partial charge < -0.3 is 4.90 Å². The van der Waals surface area contributed by atoms with E-state index in [1.54, 1.807) is 12.1 Å². The zero-order chi connectivity index (χ0) is 21.1. The lowest BCUT2D eigenvalue weighted by Gasteiger charge is -2.44. The molecule has 2 fully saturated rings. The maximum Gasteiger partial charge on any atom is 0.304 e. The number of pyridine rings is 1. The second-order valence-electron chi connectivity index (χ2n) is 8.38. The lowest BCUT2D eigenvalue weighted by molar-refractivity contribution is -0.363. The van der Waals surface area contributed by atoms with E-state index in [0.717, 1.165) is 49.5 Å². The SMILES string of the molecule is CC1(C)CN(c2ccc(C#CC=C3CCN(c4[nH+]cccc4N=O)CC3)cc2)C1=O. The number of carbonyl (C=O) groups is 1. The number of aromatic nitrogens is 1. The minimum Gasteiger partial charge on any atom is -0.311 e. The highest BCUT2D eigenvalue weighted by molar-refractivity contribution is 6.03. The van der Waals surface area contributed by atoms with Gasteiger partial charge in [0.25, 0.3) is 0 Å². The van der Waals surface area contributed by atoms with Crippen molar-refractivity contribution < 1.29 is 9.78 Å². The molecule has 3 heterocycles. The Morgan fingerprint density at radius 2 is 1.87 bits per heavy atom. The number of carbonyl (C=O) groups excluding carboxylic acids is 1. The molecule has 2 aliphatic rings. The van der Waals surface area contributed by atoms with Gasteiger partial charge in [-0.25, -0.2) is 4.98 Å². The van der Waals surface area contributed by atoms with Crippen molar-refractivity contribution in [2.24, 2.45) is 10.6 Å². The molecule has 4 rings (SSSR count). The molecule has 2 saturated heterocycles. The maximum absolute atomic E-state index is 12.1. The van der Waals surface area contributed by atoms with Crippen LogP contribution in [0.15, 0.2) is 59.4 Å². The zero-order valence-electron chi connectivity index (χ0n) is 17.3. The Kier molecular flexibility index (Phi) is 5.37. The first kappa shape index (κ1) is 19.8. The molecule has 0 bridgehead atoms. The predicted octanol–water partition coefficient (Wildman–Crippen LogP) is 3.85. The third-order valence-corrected chi connectivity index (χ3v) is 5.68. The van der Waals surface area contributed by atoms with Crippen molar-refractivity contribution in [1.82, 2.24) is 0 Å². The molecule has 0 atom stereocenters. The number of hydrogen-bond donors (Lipinski definition) is 0. The largest absolute Gasteiger partial charge is 0.311 e. The number of anilines is 2. The number of piperidine rings is 1. The van der Waals surface area contributed by atoms with Crippen molar-refractivity contribution in [3.8, 4) is 11.8 Å². The van der Waals surface area contributed by atoms with Crippen LogP contribution in [0, 0.1) is 22.2 Å². The number of nitroso groups, excluding NO2 is 1. The molecule has 0 aliphatic carbocycles. The number of allylic oxidation sites excluding steroid dienone is 1. The van der Waals surface area contributed by atoms with Crippen LogP contribution < -0.4 is 14.8 Å². The van der Waals surface area contributed by atoms with E-state index >= 15 is 0 Å². The highest BCUT2D eigenvalue weighted by Crippen LogP contribution is 2.35. The van der Waals surface area contributed by atoms with Crippen molar-refractivity contribution in [2.45, 2.75) is 26.7 Å². The molecule has 2 aromatic rings. The van der Waals surface area contributed by atoms with E-state index < -0.39 is 0 Å². The van der Waals surface area contributed by atoms with Gasteiger partial charge in [-0.05, 0) is 61.5 Å². The van der Waals surface area contributed by atoms with Crippen molar-refractivity contribution in [2.75, 3.05) is 29.4 Å². The van der Waals surface area contributed by atoms with E-state index in [2.05, 4.69) is 26.9 Å². The summed E-state index contributed by atoms with van der Waals surface area (Å²) >= 11 is 0. The van der Waals surface area contributed by atoms with Crippen LogP contribution in [-0.4, -0.2) is 25.5 Å². The Bertz CT molecular complexity index is 1050. The first-order valence-corrected chi connectivity index (χ1v) is 10.2. The molecule has 6 heteroatoms. The third kappa shape index (κ3) is 3.97. The number of aromatic amines is 1. The summed E-state index contributed by atoms with van der Waals surface area (Å²) in [6, 6.07) is 11.3. The number of nitrogens with one attached hydrogen (secondary N) is 1. The highest BCUT2D eigenvalue weighted by atomic mass is 16.3. The molecule has 1 aromatic heterocycles.